The molecular formula is C52H35N3O. The molecule has 0 N–H and O–H groups in total. The van der Waals surface area contributed by atoms with E-state index in [2.05, 4.69) is 151 Å². The molecule has 56 heavy (non-hydrogen) atoms. The van der Waals surface area contributed by atoms with Crippen LogP contribution in [-0.4, -0.2) is 14.5 Å². The van der Waals surface area contributed by atoms with Gasteiger partial charge < -0.3 is 8.98 Å². The van der Waals surface area contributed by atoms with E-state index in [1.807, 2.05) is 54.6 Å². The van der Waals surface area contributed by atoms with Crippen LogP contribution in [0, 0.1) is 0 Å². The molecule has 7 aromatic carbocycles. The predicted octanol–water partition coefficient (Wildman–Crippen LogP) is 13.9. The van der Waals surface area contributed by atoms with Gasteiger partial charge >= 0.3 is 0 Å². The summed E-state index contributed by atoms with van der Waals surface area (Å²) in [6.07, 6.45) is 9.63. The summed E-state index contributed by atoms with van der Waals surface area (Å²) in [6.45, 7) is 3.81. The molecule has 0 saturated carbocycles. The molecule has 3 aromatic heterocycles. The molecule has 0 aliphatic rings. The molecule has 0 amide bonds. The van der Waals surface area contributed by atoms with Crippen LogP contribution in [0.4, 0.5) is 0 Å². The predicted molar refractivity (Wildman–Crippen MR) is 234 cm³/mol. The smallest absolute Gasteiger partial charge is 0.160 e. The molecule has 0 saturated heterocycles. The summed E-state index contributed by atoms with van der Waals surface area (Å²) in [7, 11) is 0. The lowest BCUT2D eigenvalue weighted by Gasteiger charge is -2.21. The number of para-hydroxylation sites is 2. The van der Waals surface area contributed by atoms with Crippen molar-refractivity contribution >= 4 is 49.8 Å². The molecule has 4 heteroatoms. The maximum absolute atomic E-state index is 6.51. The zero-order chi connectivity index (χ0) is 37.4. The van der Waals surface area contributed by atoms with Crippen LogP contribution in [0.3, 0.4) is 0 Å². The van der Waals surface area contributed by atoms with Gasteiger partial charge in [-0.05, 0) is 59.7 Å². The highest BCUT2D eigenvalue weighted by atomic mass is 16.3. The molecule has 0 radical (unpaired) electrons. The minimum atomic E-state index is 0.644. The van der Waals surface area contributed by atoms with Crippen LogP contribution in [0.25, 0.3) is 100 Å². The molecule has 0 aliphatic heterocycles. The largest absolute Gasteiger partial charge is 0.456 e. The van der Waals surface area contributed by atoms with E-state index < -0.39 is 0 Å². The standard InChI is InChI=1S/C52H35N3O/c1-2-3-4-14-25-39-34-45(37-23-12-7-13-24-37)54-52(53-39)38-32-43(35-19-8-5-9-20-35)50(44(33-38)36-21-10-6-11-22-36)55-46-28-17-15-26-40(46)41-30-31-48-49(51(41)55)42-27-16-18-29-47(42)56-48/h2-34H,1H2/b4-3-,25-14+. The lowest BCUT2D eigenvalue weighted by atomic mass is 9.92. The zero-order valence-corrected chi connectivity index (χ0v) is 30.5. The SMILES string of the molecule is C=C/C=C\C=C\c1cc(-c2ccccc2)nc(-c2cc(-c3ccccc3)c(-n3c4ccccc4c4ccc5oc6ccccc6c5c43)c(-c3ccccc3)c2)n1. The van der Waals surface area contributed by atoms with Crippen LogP contribution in [0.15, 0.2) is 205 Å². The fourth-order valence-corrected chi connectivity index (χ4v) is 7.91. The van der Waals surface area contributed by atoms with Gasteiger partial charge in [-0.15, -0.1) is 0 Å². The van der Waals surface area contributed by atoms with E-state index in [9.17, 15) is 0 Å². The quantitative estimate of drug-likeness (QED) is 0.147. The van der Waals surface area contributed by atoms with Gasteiger partial charge in [-0.1, -0.05) is 158 Å². The molecule has 0 atom stereocenters. The van der Waals surface area contributed by atoms with Crippen molar-refractivity contribution in [3.63, 3.8) is 0 Å². The van der Waals surface area contributed by atoms with Crippen molar-refractivity contribution in [1.82, 2.24) is 14.5 Å². The summed E-state index contributed by atoms with van der Waals surface area (Å²) in [6, 6.07) is 59.5. The second kappa shape index (κ2) is 14.0. The summed E-state index contributed by atoms with van der Waals surface area (Å²) in [4.78, 5) is 10.4. The number of furan rings is 1. The highest BCUT2D eigenvalue weighted by molar-refractivity contribution is 6.25. The molecule has 4 nitrogen and oxygen atoms in total. The van der Waals surface area contributed by atoms with Crippen LogP contribution < -0.4 is 0 Å². The maximum atomic E-state index is 6.51. The van der Waals surface area contributed by atoms with Gasteiger partial charge in [-0.2, -0.15) is 0 Å². The van der Waals surface area contributed by atoms with Gasteiger partial charge in [0, 0.05) is 38.4 Å². The number of rotatable bonds is 8. The van der Waals surface area contributed by atoms with Crippen molar-refractivity contribution in [2.24, 2.45) is 0 Å². The first-order valence-corrected chi connectivity index (χ1v) is 18.8. The Morgan fingerprint density at radius 1 is 0.500 bits per heavy atom. The number of aromatic nitrogens is 3. The fourth-order valence-electron chi connectivity index (χ4n) is 7.91. The Labute approximate surface area is 324 Å². The number of nitrogens with zero attached hydrogens (tertiary/aromatic N) is 3. The first-order chi connectivity index (χ1) is 27.7. The van der Waals surface area contributed by atoms with Crippen molar-refractivity contribution < 1.29 is 4.42 Å². The minimum Gasteiger partial charge on any atom is -0.456 e. The van der Waals surface area contributed by atoms with Gasteiger partial charge in [0.05, 0.1) is 33.5 Å². The summed E-state index contributed by atoms with van der Waals surface area (Å²) < 4.78 is 8.97. The molecule has 264 valence electrons. The van der Waals surface area contributed by atoms with Crippen LogP contribution in [0.5, 0.6) is 0 Å². The highest BCUT2D eigenvalue weighted by Gasteiger charge is 2.25. The third-order valence-electron chi connectivity index (χ3n) is 10.4. The Kier molecular flexibility index (Phi) is 8.27. The maximum Gasteiger partial charge on any atom is 0.160 e. The second-order valence-corrected chi connectivity index (χ2v) is 13.8. The normalized spacial score (nSPS) is 11.9. The van der Waals surface area contributed by atoms with Crippen molar-refractivity contribution in [1.29, 1.82) is 0 Å². The lowest BCUT2D eigenvalue weighted by molar-refractivity contribution is 0.669. The fraction of sp³-hybridized carbons (Fsp3) is 0. The van der Waals surface area contributed by atoms with Crippen molar-refractivity contribution in [3.05, 3.63) is 206 Å². The van der Waals surface area contributed by atoms with Gasteiger partial charge in [0.15, 0.2) is 5.82 Å². The van der Waals surface area contributed by atoms with Gasteiger partial charge in [0.1, 0.15) is 11.2 Å². The van der Waals surface area contributed by atoms with Crippen molar-refractivity contribution in [2.45, 2.75) is 0 Å². The first kappa shape index (κ1) is 33.0. The van der Waals surface area contributed by atoms with Crippen LogP contribution in [0.1, 0.15) is 5.69 Å². The Balaban J connectivity index is 1.35. The summed E-state index contributed by atoms with van der Waals surface area (Å²) in [5, 5.41) is 4.53. The van der Waals surface area contributed by atoms with Crippen LogP contribution in [0.2, 0.25) is 0 Å². The Hall–Kier alpha value is -7.56. The number of allylic oxidation sites excluding steroid dienone is 4. The zero-order valence-electron chi connectivity index (χ0n) is 30.5. The number of benzene rings is 7. The van der Waals surface area contributed by atoms with Crippen LogP contribution in [-0.2, 0) is 0 Å². The van der Waals surface area contributed by atoms with E-state index in [1.54, 1.807) is 6.08 Å². The monoisotopic (exact) mass is 717 g/mol. The molecule has 3 heterocycles. The average molecular weight is 718 g/mol. The number of hydrogen-bond acceptors (Lipinski definition) is 3. The van der Waals surface area contributed by atoms with Gasteiger partial charge in [-0.3, -0.25) is 0 Å². The molecule has 0 aliphatic carbocycles. The summed E-state index contributed by atoms with van der Waals surface area (Å²) in [5.41, 5.74) is 12.9. The minimum absolute atomic E-state index is 0.644. The first-order valence-electron chi connectivity index (χ1n) is 18.8. The molecule has 10 rings (SSSR count). The Morgan fingerprint density at radius 2 is 1.12 bits per heavy atom. The molecule has 0 bridgehead atoms. The average Bonchev–Trinajstić information content (AvgIpc) is 3.81. The molecule has 0 fully saturated rings. The van der Waals surface area contributed by atoms with E-state index in [-0.39, 0.29) is 0 Å². The van der Waals surface area contributed by atoms with Crippen molar-refractivity contribution in [3.8, 4) is 50.6 Å². The molecule has 10 aromatic rings. The van der Waals surface area contributed by atoms with E-state index in [4.69, 9.17) is 14.4 Å². The topological polar surface area (TPSA) is 43.9 Å². The van der Waals surface area contributed by atoms with Crippen molar-refractivity contribution in [2.75, 3.05) is 0 Å². The Morgan fingerprint density at radius 3 is 1.82 bits per heavy atom. The van der Waals surface area contributed by atoms with E-state index in [0.29, 0.717) is 5.82 Å². The third kappa shape index (κ3) is 5.72. The third-order valence-corrected chi connectivity index (χ3v) is 10.4. The van der Waals surface area contributed by atoms with Gasteiger partial charge in [0.25, 0.3) is 0 Å². The molecule has 0 unspecified atom stereocenters. The summed E-state index contributed by atoms with van der Waals surface area (Å²) >= 11 is 0. The van der Waals surface area contributed by atoms with Gasteiger partial charge in [0.2, 0.25) is 0 Å². The van der Waals surface area contributed by atoms with E-state index in [0.717, 1.165) is 83.4 Å². The van der Waals surface area contributed by atoms with Crippen LogP contribution >= 0.6 is 0 Å². The highest BCUT2D eigenvalue weighted by Crippen LogP contribution is 2.46. The molecule has 0 spiro atoms. The van der Waals surface area contributed by atoms with Gasteiger partial charge in [-0.25, -0.2) is 9.97 Å². The lowest BCUT2D eigenvalue weighted by Crippen LogP contribution is -2.03. The number of fused-ring (bicyclic) bond motifs is 7. The number of hydrogen-bond donors (Lipinski definition) is 0. The summed E-state index contributed by atoms with van der Waals surface area (Å²) in [5.74, 6) is 0.644. The van der Waals surface area contributed by atoms with E-state index in [1.165, 1.54) is 10.8 Å². The molecular weight excluding hydrogens is 683 g/mol. The Bertz CT molecular complexity index is 3070. The van der Waals surface area contributed by atoms with E-state index >= 15 is 0 Å². The second-order valence-electron chi connectivity index (χ2n) is 13.8.